The molecule has 2 rings (SSSR count). The van der Waals surface area contributed by atoms with Crippen LogP contribution in [0.4, 0.5) is 11.6 Å². The lowest BCUT2D eigenvalue weighted by molar-refractivity contribution is 0.340. The summed E-state index contributed by atoms with van der Waals surface area (Å²) in [6.45, 7) is 5.38. The van der Waals surface area contributed by atoms with Gasteiger partial charge in [0.05, 0.1) is 0 Å². The highest BCUT2D eigenvalue weighted by Gasteiger charge is 2.22. The van der Waals surface area contributed by atoms with Crippen LogP contribution in [-0.2, 0) is 0 Å². The van der Waals surface area contributed by atoms with Crippen molar-refractivity contribution < 1.29 is 0 Å². The SMILES string of the molecule is CCNc1cccc(N(C)C2CCC(C)CC2)n1. The average molecular weight is 247 g/mol. The van der Waals surface area contributed by atoms with Crippen LogP contribution >= 0.6 is 0 Å². The first-order chi connectivity index (χ1) is 8.70. The van der Waals surface area contributed by atoms with Crippen molar-refractivity contribution in [3.05, 3.63) is 18.2 Å². The van der Waals surface area contributed by atoms with Gasteiger partial charge in [-0.2, -0.15) is 0 Å². The minimum Gasteiger partial charge on any atom is -0.370 e. The molecule has 1 aliphatic rings. The van der Waals surface area contributed by atoms with Crippen molar-refractivity contribution in [3.63, 3.8) is 0 Å². The van der Waals surface area contributed by atoms with E-state index in [4.69, 9.17) is 0 Å². The summed E-state index contributed by atoms with van der Waals surface area (Å²) in [5, 5.41) is 3.27. The summed E-state index contributed by atoms with van der Waals surface area (Å²) < 4.78 is 0. The maximum Gasteiger partial charge on any atom is 0.130 e. The second-order valence-electron chi connectivity index (χ2n) is 5.44. The normalized spacial score (nSPS) is 23.7. The van der Waals surface area contributed by atoms with Crippen LogP contribution in [0.5, 0.6) is 0 Å². The van der Waals surface area contributed by atoms with E-state index >= 15 is 0 Å². The molecule has 1 aromatic rings. The summed E-state index contributed by atoms with van der Waals surface area (Å²) in [5.74, 6) is 2.97. The number of anilines is 2. The number of aromatic nitrogens is 1. The molecule has 0 amide bonds. The van der Waals surface area contributed by atoms with Crippen LogP contribution in [0, 0.1) is 5.92 Å². The van der Waals surface area contributed by atoms with Gasteiger partial charge >= 0.3 is 0 Å². The Labute approximate surface area is 111 Å². The second kappa shape index (κ2) is 6.07. The number of hydrogen-bond donors (Lipinski definition) is 1. The van der Waals surface area contributed by atoms with E-state index in [2.05, 4.69) is 48.2 Å². The van der Waals surface area contributed by atoms with Gasteiger partial charge in [-0.3, -0.25) is 0 Å². The summed E-state index contributed by atoms with van der Waals surface area (Å²) in [4.78, 5) is 7.03. The predicted molar refractivity (Wildman–Crippen MR) is 78.2 cm³/mol. The first kappa shape index (κ1) is 13.2. The Hall–Kier alpha value is -1.25. The van der Waals surface area contributed by atoms with E-state index in [1.807, 2.05) is 6.07 Å². The third kappa shape index (κ3) is 3.15. The maximum atomic E-state index is 4.67. The molecule has 0 bridgehead atoms. The number of nitrogens with zero attached hydrogens (tertiary/aromatic N) is 2. The Kier molecular flexibility index (Phi) is 4.45. The van der Waals surface area contributed by atoms with Gasteiger partial charge in [0.2, 0.25) is 0 Å². The lowest BCUT2D eigenvalue weighted by Gasteiger charge is -2.34. The van der Waals surface area contributed by atoms with Crippen molar-refractivity contribution in [2.24, 2.45) is 5.92 Å². The van der Waals surface area contributed by atoms with E-state index in [1.54, 1.807) is 0 Å². The molecule has 1 aliphatic carbocycles. The van der Waals surface area contributed by atoms with Crippen LogP contribution in [0.1, 0.15) is 39.5 Å². The second-order valence-corrected chi connectivity index (χ2v) is 5.44. The van der Waals surface area contributed by atoms with Crippen LogP contribution in [0.15, 0.2) is 18.2 Å². The molecular weight excluding hydrogens is 222 g/mol. The van der Waals surface area contributed by atoms with Crippen LogP contribution in [0.3, 0.4) is 0 Å². The Bertz CT molecular complexity index is 370. The molecule has 3 nitrogen and oxygen atoms in total. The molecule has 1 saturated carbocycles. The Morgan fingerprint density at radius 1 is 1.28 bits per heavy atom. The predicted octanol–water partition coefficient (Wildman–Crippen LogP) is 3.53. The van der Waals surface area contributed by atoms with Crippen LogP contribution in [0.25, 0.3) is 0 Å². The lowest BCUT2D eigenvalue weighted by atomic mass is 9.87. The van der Waals surface area contributed by atoms with Crippen molar-refractivity contribution in [1.29, 1.82) is 0 Å². The topological polar surface area (TPSA) is 28.2 Å². The van der Waals surface area contributed by atoms with E-state index in [0.717, 1.165) is 24.1 Å². The molecular formula is C15H25N3. The van der Waals surface area contributed by atoms with Gasteiger partial charge in [-0.15, -0.1) is 0 Å². The van der Waals surface area contributed by atoms with E-state index in [0.29, 0.717) is 6.04 Å². The molecule has 1 N–H and O–H groups in total. The molecule has 1 aromatic heterocycles. The molecule has 1 fully saturated rings. The van der Waals surface area contributed by atoms with Gasteiger partial charge in [-0.1, -0.05) is 13.0 Å². The molecule has 0 saturated heterocycles. The molecule has 100 valence electrons. The maximum absolute atomic E-state index is 4.67. The monoisotopic (exact) mass is 247 g/mol. The lowest BCUT2D eigenvalue weighted by Crippen LogP contribution is -2.35. The van der Waals surface area contributed by atoms with Crippen LogP contribution in [-0.4, -0.2) is 24.6 Å². The first-order valence-electron chi connectivity index (χ1n) is 7.14. The molecule has 0 unspecified atom stereocenters. The Morgan fingerprint density at radius 2 is 2.00 bits per heavy atom. The molecule has 1 heterocycles. The molecule has 0 aromatic carbocycles. The zero-order valence-electron chi connectivity index (χ0n) is 11.8. The van der Waals surface area contributed by atoms with E-state index in [9.17, 15) is 0 Å². The molecule has 0 aliphatic heterocycles. The highest BCUT2D eigenvalue weighted by atomic mass is 15.2. The van der Waals surface area contributed by atoms with Crippen molar-refractivity contribution in [2.75, 3.05) is 23.8 Å². The first-order valence-corrected chi connectivity index (χ1v) is 7.14. The number of pyridine rings is 1. The van der Waals surface area contributed by atoms with Crippen LogP contribution < -0.4 is 10.2 Å². The van der Waals surface area contributed by atoms with E-state index in [1.165, 1.54) is 25.7 Å². The molecule has 0 spiro atoms. The van der Waals surface area contributed by atoms with Gasteiger partial charge in [0.15, 0.2) is 0 Å². The minimum atomic E-state index is 0.658. The van der Waals surface area contributed by atoms with Crippen molar-refractivity contribution in [1.82, 2.24) is 4.98 Å². The quantitative estimate of drug-likeness (QED) is 0.882. The highest BCUT2D eigenvalue weighted by Crippen LogP contribution is 2.28. The number of hydrogen-bond acceptors (Lipinski definition) is 3. The van der Waals surface area contributed by atoms with Crippen molar-refractivity contribution >= 4 is 11.6 Å². The summed E-state index contributed by atoms with van der Waals surface area (Å²) in [5.41, 5.74) is 0. The number of rotatable bonds is 4. The molecule has 3 heteroatoms. The van der Waals surface area contributed by atoms with Gasteiger partial charge in [0, 0.05) is 19.6 Å². The molecule has 0 atom stereocenters. The standard InChI is InChI=1S/C15H25N3/c1-4-16-14-6-5-7-15(17-14)18(3)13-10-8-12(2)9-11-13/h5-7,12-13H,4,8-11H2,1-3H3,(H,16,17). The molecule has 0 radical (unpaired) electrons. The summed E-state index contributed by atoms with van der Waals surface area (Å²) in [7, 11) is 2.18. The fourth-order valence-corrected chi connectivity index (χ4v) is 2.72. The van der Waals surface area contributed by atoms with Gasteiger partial charge in [0.25, 0.3) is 0 Å². The summed E-state index contributed by atoms with van der Waals surface area (Å²) >= 11 is 0. The molecule has 18 heavy (non-hydrogen) atoms. The smallest absolute Gasteiger partial charge is 0.130 e. The third-order valence-corrected chi connectivity index (χ3v) is 3.99. The van der Waals surface area contributed by atoms with E-state index in [-0.39, 0.29) is 0 Å². The van der Waals surface area contributed by atoms with Gasteiger partial charge < -0.3 is 10.2 Å². The van der Waals surface area contributed by atoms with E-state index < -0.39 is 0 Å². The fraction of sp³-hybridized carbons (Fsp3) is 0.667. The zero-order valence-corrected chi connectivity index (χ0v) is 11.8. The van der Waals surface area contributed by atoms with Crippen molar-refractivity contribution in [3.8, 4) is 0 Å². The fourth-order valence-electron chi connectivity index (χ4n) is 2.72. The largest absolute Gasteiger partial charge is 0.370 e. The Balaban J connectivity index is 2.03. The zero-order chi connectivity index (χ0) is 13.0. The third-order valence-electron chi connectivity index (χ3n) is 3.99. The van der Waals surface area contributed by atoms with Gasteiger partial charge in [-0.05, 0) is 50.7 Å². The van der Waals surface area contributed by atoms with Crippen molar-refractivity contribution in [2.45, 2.75) is 45.6 Å². The Morgan fingerprint density at radius 3 is 2.67 bits per heavy atom. The van der Waals surface area contributed by atoms with Gasteiger partial charge in [0.1, 0.15) is 11.6 Å². The van der Waals surface area contributed by atoms with Gasteiger partial charge in [-0.25, -0.2) is 4.98 Å². The van der Waals surface area contributed by atoms with Crippen LogP contribution in [0.2, 0.25) is 0 Å². The summed E-state index contributed by atoms with van der Waals surface area (Å²) in [6, 6.07) is 6.89. The average Bonchev–Trinajstić information content (AvgIpc) is 2.39. The highest BCUT2D eigenvalue weighted by molar-refractivity contribution is 5.47. The number of nitrogens with one attached hydrogen (secondary N) is 1. The minimum absolute atomic E-state index is 0.658. The summed E-state index contributed by atoms with van der Waals surface area (Å²) in [6.07, 6.45) is 5.29.